The molecule has 0 saturated carbocycles. The monoisotopic (exact) mass is 836 g/mol. The molecule has 0 aliphatic carbocycles. The number of carbonyl (C=O) groups excluding carboxylic acids is 2. The smallest absolute Gasteiger partial charge is 0.306 e. The largest absolute Gasteiger partial charge is 0.462 e. The minimum Gasteiger partial charge on any atom is -0.462 e. The fraction of sp³-hybridized carbons (Fsp3) is 0.704. The van der Waals surface area contributed by atoms with Crippen molar-refractivity contribution in [2.45, 2.75) is 238 Å². The van der Waals surface area contributed by atoms with Crippen molar-refractivity contribution < 1.29 is 24.5 Å². The van der Waals surface area contributed by atoms with Gasteiger partial charge in [0.2, 0.25) is 5.91 Å². The van der Waals surface area contributed by atoms with Crippen LogP contribution in [0.4, 0.5) is 0 Å². The minimum atomic E-state index is -0.807. The maximum absolute atomic E-state index is 13.2. The first-order valence-electron chi connectivity index (χ1n) is 24.8. The van der Waals surface area contributed by atoms with E-state index in [0.29, 0.717) is 19.3 Å². The summed E-state index contributed by atoms with van der Waals surface area (Å²) in [6.07, 6.45) is 60.7. The van der Waals surface area contributed by atoms with Crippen LogP contribution < -0.4 is 5.32 Å². The summed E-state index contributed by atoms with van der Waals surface area (Å²) in [5, 5.41) is 23.6. The predicted molar refractivity (Wildman–Crippen MR) is 259 cm³/mol. The van der Waals surface area contributed by atoms with Crippen LogP contribution in [-0.4, -0.2) is 46.9 Å². The van der Waals surface area contributed by atoms with Gasteiger partial charge in [-0.2, -0.15) is 0 Å². The van der Waals surface area contributed by atoms with E-state index in [2.05, 4.69) is 111 Å². The molecule has 0 rings (SSSR count). The maximum atomic E-state index is 13.2. The van der Waals surface area contributed by atoms with Crippen LogP contribution in [0.25, 0.3) is 0 Å². The summed E-state index contributed by atoms with van der Waals surface area (Å²) in [6, 6.07) is -0.725. The molecule has 0 aliphatic rings. The summed E-state index contributed by atoms with van der Waals surface area (Å²) in [5.74, 6) is -0.551. The second-order valence-corrected chi connectivity index (χ2v) is 16.5. The number of aliphatic hydroxyl groups excluding tert-OH is 2. The van der Waals surface area contributed by atoms with Gasteiger partial charge >= 0.3 is 5.97 Å². The Hall–Kier alpha value is -2.96. The standard InChI is InChI=1S/C54H93NO5/c1-4-7-10-13-16-19-21-23-25-26-28-29-31-34-36-39-42-45-50(48-53(58)55-51(49-56)52(57)46-43-40-37-33-18-15-12-9-6-3)60-54(59)47-44-41-38-35-32-30-27-24-22-20-17-14-11-8-5-2/h7,10,16-17,19-20,22-25,28-29,34,36,50-52,56-57H,4-6,8-9,11-15,18,21,26-27,30-33,35,37-49H2,1-3H3,(H,55,58)/b10-7-,19-16-,20-17+,24-22+,25-23-,29-28-,36-34-. The summed E-state index contributed by atoms with van der Waals surface area (Å²) in [4.78, 5) is 26.1. The van der Waals surface area contributed by atoms with Crippen LogP contribution >= 0.6 is 0 Å². The molecule has 0 fully saturated rings. The van der Waals surface area contributed by atoms with Crippen molar-refractivity contribution in [2.24, 2.45) is 0 Å². The quantitative estimate of drug-likeness (QED) is 0.0246. The number of hydrogen-bond donors (Lipinski definition) is 3. The van der Waals surface area contributed by atoms with Gasteiger partial charge in [0, 0.05) is 6.42 Å². The predicted octanol–water partition coefficient (Wildman–Crippen LogP) is 14.8. The third kappa shape index (κ3) is 41.8. The first-order valence-corrected chi connectivity index (χ1v) is 24.8. The highest BCUT2D eigenvalue weighted by Crippen LogP contribution is 2.16. The van der Waals surface area contributed by atoms with Crippen LogP contribution in [-0.2, 0) is 14.3 Å². The molecule has 0 bridgehead atoms. The highest BCUT2D eigenvalue weighted by atomic mass is 16.5. The van der Waals surface area contributed by atoms with Gasteiger partial charge in [0.1, 0.15) is 6.10 Å². The Balaban J connectivity index is 4.74. The van der Waals surface area contributed by atoms with E-state index in [0.717, 1.165) is 89.9 Å². The number of hydrogen-bond acceptors (Lipinski definition) is 5. The molecule has 3 N–H and O–H groups in total. The number of nitrogens with one attached hydrogen (secondary N) is 1. The normalized spacial score (nSPS) is 14.0. The average molecular weight is 836 g/mol. The third-order valence-electron chi connectivity index (χ3n) is 10.7. The molecule has 0 heterocycles. The molecular formula is C54H93NO5. The van der Waals surface area contributed by atoms with Crippen molar-refractivity contribution >= 4 is 11.9 Å². The third-order valence-corrected chi connectivity index (χ3v) is 10.7. The number of amides is 1. The van der Waals surface area contributed by atoms with E-state index in [9.17, 15) is 19.8 Å². The molecule has 0 aromatic heterocycles. The molecular weight excluding hydrogens is 743 g/mol. The molecule has 3 atom stereocenters. The Morgan fingerprint density at radius 3 is 1.52 bits per heavy atom. The van der Waals surface area contributed by atoms with Gasteiger partial charge in [0.05, 0.1) is 25.2 Å². The van der Waals surface area contributed by atoms with Crippen LogP contribution in [0.3, 0.4) is 0 Å². The van der Waals surface area contributed by atoms with Gasteiger partial charge in [0.25, 0.3) is 0 Å². The number of ether oxygens (including phenoxy) is 1. The van der Waals surface area contributed by atoms with Crippen LogP contribution in [0.5, 0.6) is 0 Å². The van der Waals surface area contributed by atoms with Gasteiger partial charge in [-0.15, -0.1) is 0 Å². The first-order chi connectivity index (χ1) is 29.5. The Morgan fingerprint density at radius 2 is 0.967 bits per heavy atom. The van der Waals surface area contributed by atoms with Crippen molar-refractivity contribution in [1.29, 1.82) is 0 Å². The molecule has 0 aromatic rings. The maximum Gasteiger partial charge on any atom is 0.306 e. The second-order valence-electron chi connectivity index (χ2n) is 16.5. The van der Waals surface area contributed by atoms with Gasteiger partial charge < -0.3 is 20.3 Å². The van der Waals surface area contributed by atoms with E-state index in [1.54, 1.807) is 0 Å². The summed E-state index contributed by atoms with van der Waals surface area (Å²) >= 11 is 0. The number of unbranched alkanes of at least 4 members (excludes halogenated alkanes) is 18. The summed E-state index contributed by atoms with van der Waals surface area (Å²) in [5.41, 5.74) is 0. The number of carbonyl (C=O) groups is 2. The Kier molecular flexibility index (Phi) is 44.8. The van der Waals surface area contributed by atoms with Crippen molar-refractivity contribution in [3.63, 3.8) is 0 Å². The topological polar surface area (TPSA) is 95.9 Å². The lowest BCUT2D eigenvalue weighted by atomic mass is 10.0. The van der Waals surface area contributed by atoms with Gasteiger partial charge in [-0.05, 0) is 89.9 Å². The van der Waals surface area contributed by atoms with E-state index in [-0.39, 0.29) is 24.9 Å². The lowest BCUT2D eigenvalue weighted by Crippen LogP contribution is -2.46. The fourth-order valence-electron chi connectivity index (χ4n) is 6.98. The van der Waals surface area contributed by atoms with E-state index in [1.165, 1.54) is 83.5 Å². The lowest BCUT2D eigenvalue weighted by Gasteiger charge is -2.24. The van der Waals surface area contributed by atoms with Crippen molar-refractivity contribution in [3.8, 4) is 0 Å². The van der Waals surface area contributed by atoms with Crippen LogP contribution in [0.15, 0.2) is 85.1 Å². The van der Waals surface area contributed by atoms with Gasteiger partial charge in [-0.3, -0.25) is 9.59 Å². The number of rotatable bonds is 43. The number of esters is 1. The molecule has 6 heteroatoms. The van der Waals surface area contributed by atoms with Crippen LogP contribution in [0.1, 0.15) is 220 Å². The van der Waals surface area contributed by atoms with Gasteiger partial charge in [-0.1, -0.05) is 202 Å². The Labute approximate surface area is 370 Å². The Bertz CT molecular complexity index is 1160. The average Bonchev–Trinajstić information content (AvgIpc) is 3.24. The summed E-state index contributed by atoms with van der Waals surface area (Å²) < 4.78 is 5.89. The first kappa shape index (κ1) is 57.0. The van der Waals surface area contributed by atoms with Crippen molar-refractivity contribution in [2.75, 3.05) is 6.61 Å². The highest BCUT2D eigenvalue weighted by Gasteiger charge is 2.24. The molecule has 0 radical (unpaired) electrons. The fourth-order valence-corrected chi connectivity index (χ4v) is 6.98. The highest BCUT2D eigenvalue weighted by molar-refractivity contribution is 5.77. The van der Waals surface area contributed by atoms with Crippen LogP contribution in [0.2, 0.25) is 0 Å². The van der Waals surface area contributed by atoms with Gasteiger partial charge in [-0.25, -0.2) is 0 Å². The molecule has 0 aliphatic heterocycles. The minimum absolute atomic E-state index is 0.0295. The molecule has 6 nitrogen and oxygen atoms in total. The SMILES string of the molecule is CC/C=C\C/C=C\C/C=C\C/C=C\C/C=C\CCCC(CC(=O)NC(CO)C(O)CCCCCCCCCCC)OC(=O)CCCCCCCC/C=C/C=C/CCCCC. The molecule has 60 heavy (non-hydrogen) atoms. The summed E-state index contributed by atoms with van der Waals surface area (Å²) in [7, 11) is 0. The molecule has 0 spiro atoms. The molecule has 0 aromatic carbocycles. The Morgan fingerprint density at radius 1 is 0.517 bits per heavy atom. The molecule has 1 amide bonds. The van der Waals surface area contributed by atoms with E-state index >= 15 is 0 Å². The number of allylic oxidation sites excluding steroid dienone is 14. The van der Waals surface area contributed by atoms with E-state index < -0.39 is 18.2 Å². The zero-order chi connectivity index (χ0) is 43.8. The molecule has 344 valence electrons. The van der Waals surface area contributed by atoms with E-state index in [1.807, 2.05) is 0 Å². The van der Waals surface area contributed by atoms with Gasteiger partial charge in [0.15, 0.2) is 0 Å². The summed E-state index contributed by atoms with van der Waals surface area (Å²) in [6.45, 7) is 6.29. The zero-order valence-corrected chi connectivity index (χ0v) is 39.1. The lowest BCUT2D eigenvalue weighted by molar-refractivity contribution is -0.151. The molecule has 3 unspecified atom stereocenters. The number of aliphatic hydroxyl groups is 2. The van der Waals surface area contributed by atoms with Crippen LogP contribution in [0, 0.1) is 0 Å². The van der Waals surface area contributed by atoms with E-state index in [4.69, 9.17) is 4.74 Å². The molecule has 0 saturated heterocycles. The van der Waals surface area contributed by atoms with Crippen molar-refractivity contribution in [1.82, 2.24) is 5.32 Å². The zero-order valence-electron chi connectivity index (χ0n) is 39.1. The van der Waals surface area contributed by atoms with Crippen molar-refractivity contribution in [3.05, 3.63) is 85.1 Å². The second kappa shape index (κ2) is 47.1.